The molecule has 1 heteroatoms. The maximum atomic E-state index is 5.38. The van der Waals surface area contributed by atoms with Gasteiger partial charge in [0, 0.05) is 11.8 Å². The molecular formula is C20H22O. The summed E-state index contributed by atoms with van der Waals surface area (Å²) < 4.78 is 5.38. The van der Waals surface area contributed by atoms with Gasteiger partial charge in [0.15, 0.2) is 0 Å². The van der Waals surface area contributed by atoms with Crippen LogP contribution in [0, 0.1) is 29.1 Å². The molecule has 0 N–H and O–H groups in total. The minimum atomic E-state index is 0.126. The number of fused-ring (bicyclic) bond motifs is 1. The van der Waals surface area contributed by atoms with Crippen molar-refractivity contribution in [1.29, 1.82) is 0 Å². The van der Waals surface area contributed by atoms with Crippen LogP contribution in [0.1, 0.15) is 44.2 Å². The van der Waals surface area contributed by atoms with Crippen molar-refractivity contribution in [3.05, 3.63) is 71.9 Å². The van der Waals surface area contributed by atoms with E-state index >= 15 is 0 Å². The molecular weight excluding hydrogens is 256 g/mol. The normalized spacial score (nSPS) is 28.9. The number of rotatable bonds is 2. The third kappa shape index (κ3) is 1.90. The molecule has 2 atom stereocenters. The van der Waals surface area contributed by atoms with E-state index in [0.717, 1.165) is 0 Å². The van der Waals surface area contributed by atoms with Gasteiger partial charge in [-0.05, 0) is 47.3 Å². The van der Waals surface area contributed by atoms with Gasteiger partial charge < -0.3 is 4.42 Å². The Bertz CT molecular complexity index is 596. The molecule has 2 aromatic rings. The Kier molecular flexibility index (Phi) is 2.99. The number of hydrogen-bond acceptors (Lipinski definition) is 1. The van der Waals surface area contributed by atoms with Gasteiger partial charge in [-0.1, -0.05) is 50.6 Å². The average molecular weight is 278 g/mol. The van der Waals surface area contributed by atoms with E-state index in [-0.39, 0.29) is 5.41 Å². The van der Waals surface area contributed by atoms with Crippen molar-refractivity contribution in [2.75, 3.05) is 0 Å². The molecule has 0 amide bonds. The van der Waals surface area contributed by atoms with Crippen molar-refractivity contribution in [3.8, 4) is 0 Å². The quantitative estimate of drug-likeness (QED) is 0.728. The minimum absolute atomic E-state index is 0.126. The predicted molar refractivity (Wildman–Crippen MR) is 84.5 cm³/mol. The number of hydrogen-bond donors (Lipinski definition) is 0. The SMILES string of the molecule is CC1(C)[C](c2ccccc2)C2CCCC2[C]1c1ccoc1. The lowest BCUT2D eigenvalue weighted by Crippen LogP contribution is -2.26. The zero-order valence-electron chi connectivity index (χ0n) is 12.8. The van der Waals surface area contributed by atoms with Crippen LogP contribution in [0.3, 0.4) is 0 Å². The highest BCUT2D eigenvalue weighted by Crippen LogP contribution is 2.65. The van der Waals surface area contributed by atoms with Crippen molar-refractivity contribution in [3.63, 3.8) is 0 Å². The van der Waals surface area contributed by atoms with Gasteiger partial charge in [0.25, 0.3) is 0 Å². The van der Waals surface area contributed by atoms with Gasteiger partial charge in [-0.25, -0.2) is 0 Å². The highest BCUT2D eigenvalue weighted by molar-refractivity contribution is 5.51. The van der Waals surface area contributed by atoms with Gasteiger partial charge in [0.05, 0.1) is 12.5 Å². The molecule has 2 aliphatic rings. The van der Waals surface area contributed by atoms with Crippen molar-refractivity contribution >= 4 is 0 Å². The lowest BCUT2D eigenvalue weighted by atomic mass is 9.68. The molecule has 1 heterocycles. The fourth-order valence-electron chi connectivity index (χ4n) is 4.91. The summed E-state index contributed by atoms with van der Waals surface area (Å²) >= 11 is 0. The van der Waals surface area contributed by atoms with E-state index in [1.165, 1.54) is 30.4 Å². The summed E-state index contributed by atoms with van der Waals surface area (Å²) in [6, 6.07) is 13.1. The molecule has 1 aromatic heterocycles. The van der Waals surface area contributed by atoms with Crippen molar-refractivity contribution in [2.45, 2.75) is 33.1 Å². The Balaban J connectivity index is 1.81. The molecule has 2 unspecified atom stereocenters. The monoisotopic (exact) mass is 278 g/mol. The molecule has 2 aliphatic carbocycles. The van der Waals surface area contributed by atoms with Crippen molar-refractivity contribution < 1.29 is 4.42 Å². The lowest BCUT2D eigenvalue weighted by molar-refractivity contribution is 0.434. The molecule has 2 fully saturated rings. The predicted octanol–water partition coefficient (Wildman–Crippen LogP) is 5.28. The summed E-state index contributed by atoms with van der Waals surface area (Å²) in [7, 11) is 0. The first-order valence-corrected chi connectivity index (χ1v) is 8.02. The minimum Gasteiger partial charge on any atom is -0.472 e. The van der Waals surface area contributed by atoms with Crippen LogP contribution in [-0.4, -0.2) is 0 Å². The van der Waals surface area contributed by atoms with E-state index in [4.69, 9.17) is 4.42 Å². The van der Waals surface area contributed by atoms with Crippen LogP contribution in [0.15, 0.2) is 53.3 Å². The highest BCUT2D eigenvalue weighted by atomic mass is 16.3. The zero-order valence-corrected chi connectivity index (χ0v) is 12.8. The van der Waals surface area contributed by atoms with Gasteiger partial charge in [0.2, 0.25) is 0 Å². The fourth-order valence-corrected chi connectivity index (χ4v) is 4.91. The summed E-state index contributed by atoms with van der Waals surface area (Å²) in [6.07, 6.45) is 7.75. The summed E-state index contributed by atoms with van der Waals surface area (Å²) in [5.41, 5.74) is 2.86. The summed E-state index contributed by atoms with van der Waals surface area (Å²) in [5.74, 6) is 4.65. The van der Waals surface area contributed by atoms with Gasteiger partial charge in [0.1, 0.15) is 0 Å². The van der Waals surface area contributed by atoms with Crippen molar-refractivity contribution in [2.24, 2.45) is 17.3 Å². The molecule has 1 nitrogen and oxygen atoms in total. The van der Waals surface area contributed by atoms with E-state index in [0.29, 0.717) is 11.8 Å². The third-order valence-electron chi connectivity index (χ3n) is 5.52. The third-order valence-corrected chi connectivity index (χ3v) is 5.52. The lowest BCUT2D eigenvalue weighted by Gasteiger charge is -2.34. The Morgan fingerprint density at radius 3 is 2.19 bits per heavy atom. The molecule has 21 heavy (non-hydrogen) atoms. The Morgan fingerprint density at radius 2 is 1.57 bits per heavy atom. The molecule has 0 spiro atoms. The van der Waals surface area contributed by atoms with Gasteiger partial charge in [-0.3, -0.25) is 0 Å². The second-order valence-corrected chi connectivity index (χ2v) is 6.97. The van der Waals surface area contributed by atoms with Crippen LogP contribution in [0.5, 0.6) is 0 Å². The van der Waals surface area contributed by atoms with Gasteiger partial charge in [-0.15, -0.1) is 0 Å². The first-order valence-electron chi connectivity index (χ1n) is 8.02. The summed E-state index contributed by atoms with van der Waals surface area (Å²) in [6.45, 7) is 4.80. The summed E-state index contributed by atoms with van der Waals surface area (Å²) in [5, 5.41) is 0. The van der Waals surface area contributed by atoms with Crippen LogP contribution in [-0.2, 0) is 0 Å². The van der Waals surface area contributed by atoms with Gasteiger partial charge in [-0.2, -0.15) is 0 Å². The highest BCUT2D eigenvalue weighted by Gasteiger charge is 2.58. The fraction of sp³-hybridized carbons (Fsp3) is 0.400. The van der Waals surface area contributed by atoms with Crippen LogP contribution in [0.2, 0.25) is 0 Å². The molecule has 4 rings (SSSR count). The Labute approximate surface area is 127 Å². The maximum absolute atomic E-state index is 5.38. The van der Waals surface area contributed by atoms with Crippen LogP contribution in [0.4, 0.5) is 0 Å². The molecule has 0 aliphatic heterocycles. The topological polar surface area (TPSA) is 13.1 Å². The van der Waals surface area contributed by atoms with Crippen LogP contribution in [0.25, 0.3) is 0 Å². The standard InChI is InChI=1S/C20H22O/c1-20(2)18(14-7-4-3-5-8-14)16-9-6-10-17(16)19(20)15-11-12-21-13-15/h3-5,7-8,11-13,16-17H,6,9-10H2,1-2H3. The van der Waals surface area contributed by atoms with Gasteiger partial charge >= 0.3 is 0 Å². The van der Waals surface area contributed by atoms with E-state index in [1.54, 1.807) is 11.8 Å². The van der Waals surface area contributed by atoms with E-state index in [9.17, 15) is 0 Å². The first-order chi connectivity index (χ1) is 10.2. The second kappa shape index (κ2) is 4.76. The Morgan fingerprint density at radius 1 is 0.905 bits per heavy atom. The van der Waals surface area contributed by atoms with E-state index in [2.05, 4.69) is 50.2 Å². The first kappa shape index (κ1) is 13.2. The molecule has 2 radical (unpaired) electrons. The summed E-state index contributed by atoms with van der Waals surface area (Å²) in [4.78, 5) is 0. The molecule has 0 bridgehead atoms. The second-order valence-electron chi connectivity index (χ2n) is 6.97. The molecule has 108 valence electrons. The molecule has 1 aromatic carbocycles. The average Bonchev–Trinajstić information content (AvgIpc) is 3.16. The smallest absolute Gasteiger partial charge is 0.0940 e. The van der Waals surface area contributed by atoms with Crippen LogP contribution >= 0.6 is 0 Å². The molecule has 2 saturated carbocycles. The number of furan rings is 1. The largest absolute Gasteiger partial charge is 0.472 e. The number of benzene rings is 1. The van der Waals surface area contributed by atoms with E-state index < -0.39 is 0 Å². The zero-order chi connectivity index (χ0) is 14.4. The Hall–Kier alpha value is -1.50. The maximum Gasteiger partial charge on any atom is 0.0940 e. The molecule has 0 saturated heterocycles. The van der Waals surface area contributed by atoms with Crippen LogP contribution < -0.4 is 0 Å². The van der Waals surface area contributed by atoms with Crippen molar-refractivity contribution in [1.82, 2.24) is 0 Å². The van der Waals surface area contributed by atoms with E-state index in [1.807, 2.05) is 12.5 Å².